The van der Waals surface area contributed by atoms with Crippen molar-refractivity contribution in [3.63, 3.8) is 0 Å². The Morgan fingerprint density at radius 1 is 0.517 bits per heavy atom. The maximum atomic E-state index is 12.8. The average Bonchev–Trinajstić information content (AvgIpc) is 4.02. The van der Waals surface area contributed by atoms with E-state index in [0.717, 1.165) is 18.1 Å². The Bertz CT molecular complexity index is 2400. The summed E-state index contributed by atoms with van der Waals surface area (Å²) in [6.07, 6.45) is 3.05. The fourth-order valence-electron chi connectivity index (χ4n) is 6.49. The molecule has 1 saturated heterocycles. The third-order valence-electron chi connectivity index (χ3n) is 9.28. The van der Waals surface area contributed by atoms with E-state index in [1.54, 1.807) is 104 Å². The predicted octanol–water partition coefficient (Wildman–Crippen LogP) is 9.17. The van der Waals surface area contributed by atoms with Crippen molar-refractivity contribution in [2.24, 2.45) is 0 Å². The SMILES string of the molecule is C1CCOC1.CNc1ccc(Oc2ccccc2)cc1N1C(=O)c2ccccc2C1=O.O=CNc1ccc(Oc2ccccc2)cc1N1C(=O)c2ccccc2C1=O.[B]C. The normalized spacial score (nSPS) is 13.4. The van der Waals surface area contributed by atoms with Crippen molar-refractivity contribution in [2.75, 3.05) is 40.7 Å². The van der Waals surface area contributed by atoms with Gasteiger partial charge in [-0.15, -0.1) is 0 Å². The zero-order valence-electron chi connectivity index (χ0n) is 33.0. The lowest BCUT2D eigenvalue weighted by Crippen LogP contribution is -2.30. The average molecular weight is 801 g/mol. The van der Waals surface area contributed by atoms with E-state index < -0.39 is 11.8 Å². The summed E-state index contributed by atoms with van der Waals surface area (Å²) < 4.78 is 16.6. The monoisotopic (exact) mass is 800 g/mol. The summed E-state index contributed by atoms with van der Waals surface area (Å²) in [5.41, 5.74) is 3.19. The van der Waals surface area contributed by atoms with Crippen molar-refractivity contribution < 1.29 is 38.2 Å². The second-order valence-corrected chi connectivity index (χ2v) is 13.0. The van der Waals surface area contributed by atoms with Gasteiger partial charge in [-0.2, -0.15) is 0 Å². The van der Waals surface area contributed by atoms with Gasteiger partial charge in [0.1, 0.15) is 23.0 Å². The number of carbonyl (C=O) groups is 5. The maximum Gasteiger partial charge on any atom is 0.266 e. The Balaban J connectivity index is 0.000000174. The van der Waals surface area contributed by atoms with E-state index in [9.17, 15) is 24.0 Å². The standard InChI is InChI=1S/C21H14N2O4.C21H16N2O3.C4H8O.CH3B/c24-13-22-18-11-10-15(27-14-6-2-1-3-7-14)12-19(18)23-20(25)16-8-4-5-9-17(16)21(23)26;1-22-18-12-11-15(26-14-7-3-2-4-8-14)13-19(18)23-20(24)16-9-5-6-10-17(16)21(23)25;1-2-4-5-3-1;1-2/h1-13H,(H,22,24);2-13,22H,1H3;1-4H2;1H3. The van der Waals surface area contributed by atoms with Crippen LogP contribution in [0.4, 0.5) is 22.7 Å². The molecule has 12 nitrogen and oxygen atoms in total. The molecule has 0 saturated carbocycles. The number of fused-ring (bicyclic) bond motifs is 2. The lowest BCUT2D eigenvalue weighted by atomic mass is 10.1. The number of rotatable bonds is 9. The second-order valence-electron chi connectivity index (χ2n) is 13.0. The highest BCUT2D eigenvalue weighted by Gasteiger charge is 2.39. The van der Waals surface area contributed by atoms with Gasteiger partial charge in [0.15, 0.2) is 0 Å². The molecule has 0 aromatic heterocycles. The Morgan fingerprint density at radius 2 is 0.883 bits per heavy atom. The zero-order chi connectivity index (χ0) is 42.4. The highest BCUT2D eigenvalue weighted by Crippen LogP contribution is 2.38. The van der Waals surface area contributed by atoms with Gasteiger partial charge in [0.05, 0.1) is 52.8 Å². The zero-order valence-corrected chi connectivity index (χ0v) is 33.0. The summed E-state index contributed by atoms with van der Waals surface area (Å²) in [4.78, 5) is 64.3. The van der Waals surface area contributed by atoms with Gasteiger partial charge < -0.3 is 24.8 Å². The Morgan fingerprint density at radius 3 is 1.23 bits per heavy atom. The predicted molar refractivity (Wildman–Crippen MR) is 232 cm³/mol. The molecule has 6 aromatic carbocycles. The molecular weight excluding hydrogens is 759 g/mol. The van der Waals surface area contributed by atoms with E-state index in [-0.39, 0.29) is 17.5 Å². The third kappa shape index (κ3) is 9.44. The van der Waals surface area contributed by atoms with Crippen LogP contribution in [-0.2, 0) is 9.53 Å². The summed E-state index contributed by atoms with van der Waals surface area (Å²) in [5.74, 6) is 0.714. The minimum atomic E-state index is -0.443. The second kappa shape index (κ2) is 20.3. The molecule has 0 aliphatic carbocycles. The van der Waals surface area contributed by atoms with Gasteiger partial charge in [0.25, 0.3) is 23.6 Å². The van der Waals surface area contributed by atoms with Crippen LogP contribution in [0.2, 0.25) is 6.82 Å². The van der Waals surface area contributed by atoms with Gasteiger partial charge in [-0.05, 0) is 85.6 Å². The minimum Gasteiger partial charge on any atom is -0.457 e. The number of carbonyl (C=O) groups excluding carboxylic acids is 5. The van der Waals surface area contributed by atoms with E-state index in [1.807, 2.05) is 48.5 Å². The van der Waals surface area contributed by atoms with Gasteiger partial charge in [-0.1, -0.05) is 67.5 Å². The van der Waals surface area contributed by atoms with Gasteiger partial charge in [-0.3, -0.25) is 24.0 Å². The van der Waals surface area contributed by atoms with Crippen LogP contribution in [0.5, 0.6) is 23.0 Å². The van der Waals surface area contributed by atoms with Gasteiger partial charge in [0, 0.05) is 32.4 Å². The van der Waals surface area contributed by atoms with E-state index >= 15 is 0 Å². The lowest BCUT2D eigenvalue weighted by Gasteiger charge is -2.19. The van der Waals surface area contributed by atoms with Crippen molar-refractivity contribution in [2.45, 2.75) is 19.7 Å². The first-order chi connectivity index (χ1) is 29.4. The first-order valence-corrected chi connectivity index (χ1v) is 19.1. The number of benzene rings is 6. The molecule has 0 unspecified atom stereocenters. The summed E-state index contributed by atoms with van der Waals surface area (Å²) in [5, 5.41) is 5.56. The molecule has 2 N–H and O–H groups in total. The fraction of sp³-hybridized carbons (Fsp3) is 0.128. The molecule has 0 atom stereocenters. The van der Waals surface area contributed by atoms with Crippen LogP contribution in [0.25, 0.3) is 0 Å². The molecule has 6 aromatic rings. The van der Waals surface area contributed by atoms with Crippen molar-refractivity contribution >= 4 is 60.6 Å². The maximum absolute atomic E-state index is 12.8. The summed E-state index contributed by atoms with van der Waals surface area (Å²) >= 11 is 0. The first kappa shape index (κ1) is 42.1. The molecule has 0 spiro atoms. The van der Waals surface area contributed by atoms with E-state index in [4.69, 9.17) is 14.2 Å². The molecule has 13 heteroatoms. The van der Waals surface area contributed by atoms with Crippen molar-refractivity contribution in [3.05, 3.63) is 168 Å². The molecule has 1 fully saturated rings. The van der Waals surface area contributed by atoms with Gasteiger partial charge in [-0.25, -0.2) is 9.80 Å². The molecule has 2 radical (unpaired) electrons. The molecule has 3 aliphatic heterocycles. The Kier molecular flexibility index (Phi) is 14.2. The number of nitrogens with zero attached hydrogens (tertiary/aromatic N) is 2. The number of nitrogens with one attached hydrogen (secondary N) is 2. The van der Waals surface area contributed by atoms with Crippen molar-refractivity contribution in [1.82, 2.24) is 0 Å². The number of ether oxygens (including phenoxy) is 3. The van der Waals surface area contributed by atoms with Crippen LogP contribution >= 0.6 is 0 Å². The number of anilines is 4. The number of para-hydroxylation sites is 2. The van der Waals surface area contributed by atoms with Crippen LogP contribution in [0.3, 0.4) is 0 Å². The van der Waals surface area contributed by atoms with Crippen LogP contribution in [0, 0.1) is 0 Å². The number of hydrogen-bond donors (Lipinski definition) is 2. The molecular formula is C47H41BN4O8. The summed E-state index contributed by atoms with van der Waals surface area (Å²) in [6.45, 7) is 3.50. The van der Waals surface area contributed by atoms with E-state index in [1.165, 1.54) is 24.6 Å². The number of imide groups is 2. The van der Waals surface area contributed by atoms with Crippen LogP contribution in [0.15, 0.2) is 146 Å². The van der Waals surface area contributed by atoms with E-state index in [0.29, 0.717) is 68.7 Å². The molecule has 60 heavy (non-hydrogen) atoms. The quantitative estimate of drug-likeness (QED) is 0.0831. The first-order valence-electron chi connectivity index (χ1n) is 19.1. The number of amides is 5. The molecule has 0 bridgehead atoms. The highest BCUT2D eigenvalue weighted by molar-refractivity contribution is 6.36. The molecule has 300 valence electrons. The molecule has 5 amide bonds. The third-order valence-corrected chi connectivity index (χ3v) is 9.28. The smallest absolute Gasteiger partial charge is 0.266 e. The van der Waals surface area contributed by atoms with Crippen molar-refractivity contribution in [3.8, 4) is 23.0 Å². The van der Waals surface area contributed by atoms with E-state index in [2.05, 4.69) is 18.5 Å². The minimum absolute atomic E-state index is 0.252. The molecule has 3 heterocycles. The summed E-state index contributed by atoms with van der Waals surface area (Å²) in [7, 11) is 6.24. The fourth-order valence-corrected chi connectivity index (χ4v) is 6.49. The van der Waals surface area contributed by atoms with Crippen molar-refractivity contribution in [1.29, 1.82) is 0 Å². The molecule has 3 aliphatic rings. The lowest BCUT2D eigenvalue weighted by molar-refractivity contribution is -0.105. The molecule has 9 rings (SSSR count). The topological polar surface area (TPSA) is 144 Å². The van der Waals surface area contributed by atoms with Gasteiger partial charge >= 0.3 is 0 Å². The van der Waals surface area contributed by atoms with Gasteiger partial charge in [0.2, 0.25) is 6.41 Å². The Hall–Kier alpha value is -7.51. The largest absolute Gasteiger partial charge is 0.457 e. The summed E-state index contributed by atoms with van der Waals surface area (Å²) in [6, 6.07) is 42.0. The Labute approximate surface area is 349 Å². The number of hydrogen-bond acceptors (Lipinski definition) is 9. The highest BCUT2D eigenvalue weighted by atomic mass is 16.5. The van der Waals surface area contributed by atoms with Crippen LogP contribution in [0.1, 0.15) is 54.3 Å². The van der Waals surface area contributed by atoms with Crippen LogP contribution < -0.4 is 29.9 Å². The van der Waals surface area contributed by atoms with Crippen LogP contribution in [-0.4, -0.2) is 58.1 Å².